The molecule has 0 spiro atoms. The highest BCUT2D eigenvalue weighted by Crippen LogP contribution is 2.25. The van der Waals surface area contributed by atoms with Gasteiger partial charge in [0.1, 0.15) is 11.5 Å². The van der Waals surface area contributed by atoms with Gasteiger partial charge >= 0.3 is 0 Å². The molecule has 0 N–H and O–H groups in total. The average Bonchev–Trinajstić information content (AvgIpc) is 3.04. The van der Waals surface area contributed by atoms with Crippen molar-refractivity contribution < 1.29 is 9.26 Å². The van der Waals surface area contributed by atoms with Gasteiger partial charge in [-0.05, 0) is 32.9 Å². The summed E-state index contributed by atoms with van der Waals surface area (Å²) in [5, 5.41) is 9.02. The Hall–Kier alpha value is -2.71. The lowest BCUT2D eigenvalue weighted by Crippen LogP contribution is -2.46. The third kappa shape index (κ3) is 4.18. The smallest absolute Gasteiger partial charge is 0.269 e. The van der Waals surface area contributed by atoms with Gasteiger partial charge < -0.3 is 14.2 Å². The summed E-state index contributed by atoms with van der Waals surface area (Å²) in [6, 6.07) is 5.12. The molecule has 9 heteroatoms. The van der Waals surface area contributed by atoms with Gasteiger partial charge in [0.15, 0.2) is 0 Å². The second-order valence-electron chi connectivity index (χ2n) is 7.30. The fourth-order valence-corrected chi connectivity index (χ4v) is 3.66. The molecule has 3 aromatic rings. The molecule has 1 aliphatic heterocycles. The summed E-state index contributed by atoms with van der Waals surface area (Å²) in [4.78, 5) is 19.2. The lowest BCUT2D eigenvalue weighted by atomic mass is 10.1. The molecule has 1 aliphatic rings. The summed E-state index contributed by atoms with van der Waals surface area (Å²) in [5.41, 5.74) is 2.57. The van der Waals surface area contributed by atoms with Crippen molar-refractivity contribution in [1.82, 2.24) is 19.9 Å². The van der Waals surface area contributed by atoms with E-state index < -0.39 is 0 Å². The van der Waals surface area contributed by atoms with Gasteiger partial charge in [0, 0.05) is 30.9 Å². The van der Waals surface area contributed by atoms with Gasteiger partial charge in [0.2, 0.25) is 0 Å². The van der Waals surface area contributed by atoms with Crippen LogP contribution in [0.1, 0.15) is 25.2 Å². The number of pyridine rings is 1. The van der Waals surface area contributed by atoms with E-state index in [-0.39, 0.29) is 24.3 Å². The second kappa shape index (κ2) is 7.96. The molecule has 0 bridgehead atoms. The Labute approximate surface area is 173 Å². The van der Waals surface area contributed by atoms with Gasteiger partial charge in [0.25, 0.3) is 5.56 Å². The van der Waals surface area contributed by atoms with E-state index in [0.29, 0.717) is 22.2 Å². The normalized spacial score (nSPS) is 19.5. The predicted molar refractivity (Wildman–Crippen MR) is 109 cm³/mol. The van der Waals surface area contributed by atoms with Crippen LogP contribution in [0.2, 0.25) is 5.02 Å². The molecule has 4 heterocycles. The second-order valence-corrected chi connectivity index (χ2v) is 7.74. The van der Waals surface area contributed by atoms with Crippen LogP contribution in [0.25, 0.3) is 11.4 Å². The molecule has 1 saturated heterocycles. The number of hydrogen-bond acceptors (Lipinski definition) is 7. The standard InChI is InChI=1S/C20H22ClN5O3/c1-12-9-25(10-13(2)28-12)16-6-19(27)26(23-8-16)11-17-14(3)29-24-20(17)18-5-4-15(21)7-22-18/h4-8,12-13H,9-11H2,1-3H3. The van der Waals surface area contributed by atoms with Crippen molar-refractivity contribution in [3.05, 3.63) is 57.3 Å². The molecule has 3 aromatic heterocycles. The number of aryl methyl sites for hydroxylation is 1. The zero-order valence-electron chi connectivity index (χ0n) is 16.5. The predicted octanol–water partition coefficient (Wildman–Crippen LogP) is 2.92. The van der Waals surface area contributed by atoms with E-state index in [1.807, 2.05) is 13.8 Å². The van der Waals surface area contributed by atoms with Crippen LogP contribution >= 0.6 is 11.6 Å². The molecule has 152 valence electrons. The number of anilines is 1. The summed E-state index contributed by atoms with van der Waals surface area (Å²) < 4.78 is 12.5. The highest BCUT2D eigenvalue weighted by molar-refractivity contribution is 6.30. The summed E-state index contributed by atoms with van der Waals surface area (Å²) in [6.07, 6.45) is 3.48. The van der Waals surface area contributed by atoms with Crippen molar-refractivity contribution in [3.8, 4) is 11.4 Å². The van der Waals surface area contributed by atoms with E-state index in [2.05, 4.69) is 20.1 Å². The Morgan fingerprint density at radius 3 is 2.62 bits per heavy atom. The largest absolute Gasteiger partial charge is 0.372 e. The molecular formula is C20H22ClN5O3. The molecule has 4 rings (SSSR count). The molecule has 2 unspecified atom stereocenters. The Balaban J connectivity index is 1.60. The Bertz CT molecular complexity index is 1050. The minimum Gasteiger partial charge on any atom is -0.372 e. The van der Waals surface area contributed by atoms with Crippen molar-refractivity contribution in [3.63, 3.8) is 0 Å². The van der Waals surface area contributed by atoms with Gasteiger partial charge in [-0.1, -0.05) is 16.8 Å². The molecular weight excluding hydrogens is 394 g/mol. The van der Waals surface area contributed by atoms with E-state index in [1.165, 1.54) is 4.68 Å². The zero-order chi connectivity index (χ0) is 20.5. The van der Waals surface area contributed by atoms with Gasteiger partial charge in [-0.3, -0.25) is 9.78 Å². The van der Waals surface area contributed by atoms with Crippen LogP contribution in [0.3, 0.4) is 0 Å². The van der Waals surface area contributed by atoms with E-state index >= 15 is 0 Å². The first-order valence-corrected chi connectivity index (χ1v) is 9.83. The highest BCUT2D eigenvalue weighted by Gasteiger charge is 2.23. The van der Waals surface area contributed by atoms with Gasteiger partial charge in [-0.2, -0.15) is 5.10 Å². The number of nitrogens with zero attached hydrogens (tertiary/aromatic N) is 5. The van der Waals surface area contributed by atoms with Gasteiger partial charge in [-0.15, -0.1) is 0 Å². The van der Waals surface area contributed by atoms with Crippen molar-refractivity contribution in [2.24, 2.45) is 0 Å². The van der Waals surface area contributed by atoms with E-state index in [1.54, 1.807) is 37.5 Å². The number of ether oxygens (including phenoxy) is 1. The van der Waals surface area contributed by atoms with Gasteiger partial charge in [-0.25, -0.2) is 4.68 Å². The number of halogens is 1. The minimum absolute atomic E-state index is 0.107. The maximum absolute atomic E-state index is 12.7. The Morgan fingerprint density at radius 1 is 1.21 bits per heavy atom. The van der Waals surface area contributed by atoms with Crippen molar-refractivity contribution in [1.29, 1.82) is 0 Å². The van der Waals surface area contributed by atoms with Crippen molar-refractivity contribution in [2.45, 2.75) is 39.5 Å². The number of rotatable bonds is 4. The maximum atomic E-state index is 12.7. The lowest BCUT2D eigenvalue weighted by molar-refractivity contribution is -0.00525. The first-order valence-electron chi connectivity index (χ1n) is 9.45. The van der Waals surface area contributed by atoms with Crippen molar-refractivity contribution >= 4 is 17.3 Å². The molecule has 0 aliphatic carbocycles. The Morgan fingerprint density at radius 2 is 1.97 bits per heavy atom. The molecule has 0 amide bonds. The highest BCUT2D eigenvalue weighted by atomic mass is 35.5. The molecule has 29 heavy (non-hydrogen) atoms. The fraction of sp³-hybridized carbons (Fsp3) is 0.400. The summed E-state index contributed by atoms with van der Waals surface area (Å²) in [6.45, 7) is 7.55. The third-order valence-corrected chi connectivity index (χ3v) is 5.13. The van der Waals surface area contributed by atoms with Crippen LogP contribution in [0, 0.1) is 6.92 Å². The summed E-state index contributed by atoms with van der Waals surface area (Å²) in [5.74, 6) is 0.616. The topological polar surface area (TPSA) is 86.3 Å². The van der Waals surface area contributed by atoms with E-state index in [0.717, 1.165) is 24.3 Å². The zero-order valence-corrected chi connectivity index (χ0v) is 17.3. The molecule has 1 fully saturated rings. The monoisotopic (exact) mass is 415 g/mol. The van der Waals surface area contributed by atoms with Crippen LogP contribution in [0.15, 0.2) is 39.9 Å². The molecule has 0 saturated carbocycles. The number of morpholine rings is 1. The molecule has 0 radical (unpaired) electrons. The first-order chi connectivity index (χ1) is 13.9. The third-order valence-electron chi connectivity index (χ3n) is 4.90. The lowest BCUT2D eigenvalue weighted by Gasteiger charge is -2.36. The first kappa shape index (κ1) is 19.6. The minimum atomic E-state index is -0.190. The van der Waals surface area contributed by atoms with Crippen LogP contribution in [0.5, 0.6) is 0 Å². The van der Waals surface area contributed by atoms with E-state index in [9.17, 15) is 4.79 Å². The molecule has 0 aromatic carbocycles. The summed E-state index contributed by atoms with van der Waals surface area (Å²) >= 11 is 5.92. The van der Waals surface area contributed by atoms with Crippen LogP contribution in [-0.2, 0) is 11.3 Å². The molecule has 8 nitrogen and oxygen atoms in total. The van der Waals surface area contributed by atoms with Crippen LogP contribution < -0.4 is 10.5 Å². The van der Waals surface area contributed by atoms with E-state index in [4.69, 9.17) is 20.9 Å². The SMILES string of the molecule is Cc1onc(-c2ccc(Cl)cn2)c1Cn1ncc(N2CC(C)OC(C)C2)cc1=O. The quantitative estimate of drug-likeness (QED) is 0.647. The van der Waals surface area contributed by atoms with Gasteiger partial charge in [0.05, 0.1) is 41.4 Å². The van der Waals surface area contributed by atoms with Crippen LogP contribution in [0.4, 0.5) is 5.69 Å². The number of aromatic nitrogens is 4. The Kier molecular flexibility index (Phi) is 5.38. The molecule has 2 atom stereocenters. The fourth-order valence-electron chi connectivity index (χ4n) is 3.55. The van der Waals surface area contributed by atoms with Crippen LogP contribution in [-0.4, -0.2) is 45.2 Å². The summed E-state index contributed by atoms with van der Waals surface area (Å²) in [7, 11) is 0. The van der Waals surface area contributed by atoms with Crippen molar-refractivity contribution in [2.75, 3.05) is 18.0 Å². The average molecular weight is 416 g/mol. The maximum Gasteiger partial charge on any atom is 0.269 e. The number of hydrogen-bond donors (Lipinski definition) is 0.